The Bertz CT molecular complexity index is 314. The van der Waals surface area contributed by atoms with Crippen LogP contribution in [0.2, 0.25) is 0 Å². The first-order valence-electron chi connectivity index (χ1n) is 5.59. The predicted molar refractivity (Wildman–Crippen MR) is 64.3 cm³/mol. The third-order valence-corrected chi connectivity index (χ3v) is 2.33. The van der Waals surface area contributed by atoms with Gasteiger partial charge in [0.05, 0.1) is 5.71 Å². The van der Waals surface area contributed by atoms with Crippen LogP contribution in [-0.2, 0) is 11.3 Å². The molecule has 0 saturated heterocycles. The van der Waals surface area contributed by atoms with Gasteiger partial charge in [0.1, 0.15) is 6.61 Å². The van der Waals surface area contributed by atoms with Crippen LogP contribution in [0, 0.1) is 0 Å². The topological polar surface area (TPSA) is 21.6 Å². The fourth-order valence-electron chi connectivity index (χ4n) is 1.40. The highest BCUT2D eigenvalue weighted by molar-refractivity contribution is 6.00. The number of hydrogen-bond donors (Lipinski definition) is 0. The zero-order valence-corrected chi connectivity index (χ0v) is 9.79. The van der Waals surface area contributed by atoms with Crippen molar-refractivity contribution in [1.29, 1.82) is 0 Å². The number of rotatable bonds is 5. The lowest BCUT2D eigenvalue weighted by atomic mass is 10.1. The van der Waals surface area contributed by atoms with Crippen molar-refractivity contribution in [2.75, 3.05) is 6.61 Å². The monoisotopic (exact) mass is 205 g/mol. The smallest absolute Gasteiger partial charge is 0.114 e. The maximum Gasteiger partial charge on any atom is 0.114 e. The zero-order chi connectivity index (χ0) is 11.1. The normalized spacial score (nSPS) is 11.5. The van der Waals surface area contributed by atoms with Gasteiger partial charge in [-0.05, 0) is 30.9 Å². The van der Waals surface area contributed by atoms with E-state index in [1.54, 1.807) is 0 Å². The Morgan fingerprint density at radius 1 is 1.13 bits per heavy atom. The predicted octanol–water partition coefficient (Wildman–Crippen LogP) is 3.40. The molecule has 1 aromatic rings. The van der Waals surface area contributed by atoms with Crippen molar-refractivity contribution in [2.45, 2.75) is 33.6 Å². The summed E-state index contributed by atoms with van der Waals surface area (Å²) in [7, 11) is 0. The number of hydrogen-bond acceptors (Lipinski definition) is 2. The van der Waals surface area contributed by atoms with Gasteiger partial charge in [0.25, 0.3) is 0 Å². The highest BCUT2D eigenvalue weighted by Gasteiger charge is 2.01. The lowest BCUT2D eigenvalue weighted by Crippen LogP contribution is -2.00. The van der Waals surface area contributed by atoms with E-state index in [1.807, 2.05) is 6.92 Å². The van der Waals surface area contributed by atoms with Gasteiger partial charge in [-0.25, -0.2) is 0 Å². The fraction of sp³-hybridized carbons (Fsp3) is 0.462. The molecule has 15 heavy (non-hydrogen) atoms. The molecule has 0 N–H and O–H groups in total. The summed E-state index contributed by atoms with van der Waals surface area (Å²) >= 11 is 0. The van der Waals surface area contributed by atoms with E-state index in [1.165, 1.54) is 5.56 Å². The standard InChI is InChI=1S/C13H19NO/c1-4-11-7-9-12(10-8-11)13(5-2)14-15-6-3/h7-10H,4-6H2,1-3H3/b14-13-. The van der Waals surface area contributed by atoms with Crippen molar-refractivity contribution in [3.05, 3.63) is 35.4 Å². The van der Waals surface area contributed by atoms with Crippen molar-refractivity contribution in [2.24, 2.45) is 5.16 Å². The Hall–Kier alpha value is -1.31. The molecule has 82 valence electrons. The molecule has 0 saturated carbocycles. The minimum atomic E-state index is 0.622. The number of aryl methyl sites for hydroxylation is 1. The van der Waals surface area contributed by atoms with Gasteiger partial charge in [-0.1, -0.05) is 43.3 Å². The van der Waals surface area contributed by atoms with Crippen molar-refractivity contribution >= 4 is 5.71 Å². The maximum absolute atomic E-state index is 5.09. The van der Waals surface area contributed by atoms with Gasteiger partial charge in [0.15, 0.2) is 0 Å². The summed E-state index contributed by atoms with van der Waals surface area (Å²) in [4.78, 5) is 5.09. The van der Waals surface area contributed by atoms with E-state index in [9.17, 15) is 0 Å². The van der Waals surface area contributed by atoms with Crippen LogP contribution in [-0.4, -0.2) is 12.3 Å². The second-order valence-corrected chi connectivity index (χ2v) is 3.36. The largest absolute Gasteiger partial charge is 0.396 e. The van der Waals surface area contributed by atoms with Gasteiger partial charge >= 0.3 is 0 Å². The summed E-state index contributed by atoms with van der Waals surface area (Å²) in [5.74, 6) is 0. The Labute approximate surface area is 91.9 Å². The van der Waals surface area contributed by atoms with Crippen molar-refractivity contribution < 1.29 is 4.84 Å². The summed E-state index contributed by atoms with van der Waals surface area (Å²) in [5.41, 5.74) is 3.52. The van der Waals surface area contributed by atoms with Crippen molar-refractivity contribution in [1.82, 2.24) is 0 Å². The number of nitrogens with zero attached hydrogens (tertiary/aromatic N) is 1. The Morgan fingerprint density at radius 2 is 1.80 bits per heavy atom. The van der Waals surface area contributed by atoms with Crippen LogP contribution in [0.4, 0.5) is 0 Å². The van der Waals surface area contributed by atoms with Gasteiger partial charge < -0.3 is 4.84 Å². The van der Waals surface area contributed by atoms with Crippen molar-refractivity contribution in [3.8, 4) is 0 Å². The first-order chi connectivity index (χ1) is 7.31. The summed E-state index contributed by atoms with van der Waals surface area (Å²) < 4.78 is 0. The van der Waals surface area contributed by atoms with Crippen LogP contribution in [0.5, 0.6) is 0 Å². The lowest BCUT2D eigenvalue weighted by Gasteiger charge is -2.04. The SMILES string of the molecule is CCO/N=C(/CC)c1ccc(CC)cc1. The van der Waals surface area contributed by atoms with E-state index in [0.717, 1.165) is 24.1 Å². The van der Waals surface area contributed by atoms with Gasteiger partial charge in [-0.2, -0.15) is 0 Å². The van der Waals surface area contributed by atoms with Crippen molar-refractivity contribution in [3.63, 3.8) is 0 Å². The van der Waals surface area contributed by atoms with Crippen LogP contribution >= 0.6 is 0 Å². The number of benzene rings is 1. The molecule has 1 rings (SSSR count). The highest BCUT2D eigenvalue weighted by Crippen LogP contribution is 2.08. The first-order valence-corrected chi connectivity index (χ1v) is 5.59. The van der Waals surface area contributed by atoms with Crippen LogP contribution in [0.3, 0.4) is 0 Å². The maximum atomic E-state index is 5.09. The molecular formula is C13H19NO. The van der Waals surface area contributed by atoms with E-state index in [-0.39, 0.29) is 0 Å². The summed E-state index contributed by atoms with van der Waals surface area (Å²) in [6, 6.07) is 8.51. The quantitative estimate of drug-likeness (QED) is 0.533. The van der Waals surface area contributed by atoms with E-state index in [4.69, 9.17) is 4.84 Å². The van der Waals surface area contributed by atoms with E-state index in [0.29, 0.717) is 6.61 Å². The first kappa shape index (κ1) is 11.8. The minimum Gasteiger partial charge on any atom is -0.396 e. The molecule has 0 heterocycles. The second kappa shape index (κ2) is 6.23. The average Bonchev–Trinajstić information content (AvgIpc) is 2.31. The molecule has 0 aliphatic heterocycles. The van der Waals surface area contributed by atoms with E-state index >= 15 is 0 Å². The fourth-order valence-corrected chi connectivity index (χ4v) is 1.40. The van der Waals surface area contributed by atoms with Gasteiger partial charge in [-0.15, -0.1) is 0 Å². The summed E-state index contributed by atoms with van der Waals surface area (Å²) in [5, 5.41) is 4.10. The molecule has 0 aliphatic carbocycles. The lowest BCUT2D eigenvalue weighted by molar-refractivity contribution is 0.158. The van der Waals surface area contributed by atoms with Crippen LogP contribution < -0.4 is 0 Å². The molecule has 0 spiro atoms. The Morgan fingerprint density at radius 3 is 2.27 bits per heavy atom. The van der Waals surface area contributed by atoms with Crippen LogP contribution in [0.15, 0.2) is 29.4 Å². The molecule has 0 amide bonds. The molecule has 0 bridgehead atoms. The molecule has 0 aliphatic rings. The zero-order valence-electron chi connectivity index (χ0n) is 9.79. The molecule has 0 fully saturated rings. The second-order valence-electron chi connectivity index (χ2n) is 3.36. The van der Waals surface area contributed by atoms with E-state index in [2.05, 4.69) is 43.3 Å². The summed E-state index contributed by atoms with van der Waals surface area (Å²) in [6.07, 6.45) is 1.97. The molecule has 2 nitrogen and oxygen atoms in total. The third kappa shape index (κ3) is 3.39. The molecule has 0 aromatic heterocycles. The molecule has 2 heteroatoms. The van der Waals surface area contributed by atoms with Gasteiger partial charge in [-0.3, -0.25) is 0 Å². The summed E-state index contributed by atoms with van der Waals surface area (Å²) in [6.45, 7) is 6.81. The van der Waals surface area contributed by atoms with Gasteiger partial charge in [0.2, 0.25) is 0 Å². The molecular weight excluding hydrogens is 186 g/mol. The Balaban J connectivity index is 2.83. The molecule has 0 atom stereocenters. The van der Waals surface area contributed by atoms with Crippen LogP contribution in [0.25, 0.3) is 0 Å². The van der Waals surface area contributed by atoms with Gasteiger partial charge in [0, 0.05) is 0 Å². The van der Waals surface area contributed by atoms with Crippen LogP contribution in [0.1, 0.15) is 38.3 Å². The van der Waals surface area contributed by atoms with E-state index < -0.39 is 0 Å². The Kier molecular flexibility index (Phi) is 4.88. The minimum absolute atomic E-state index is 0.622. The molecule has 1 aromatic carbocycles. The molecule has 0 radical (unpaired) electrons. The highest BCUT2D eigenvalue weighted by atomic mass is 16.6. The third-order valence-electron chi connectivity index (χ3n) is 2.33. The molecule has 0 unspecified atom stereocenters. The average molecular weight is 205 g/mol. The number of oxime groups is 1.